The standard InChI is InChI=1S/C22H27Cl2FN2O2/c1-2-28-21-10-16(13-27-12-15-5-7-26-8-6-15)9-20(24)22(21)29-14-17-3-4-18(25)11-19(17)23/h3-4,9-11,15,26-27H,2,5-8,12-14H2,1H3. The number of hydrogen-bond donors (Lipinski definition) is 2. The summed E-state index contributed by atoms with van der Waals surface area (Å²) in [6.45, 7) is 6.48. The van der Waals surface area contributed by atoms with Crippen molar-refractivity contribution in [2.45, 2.75) is 32.9 Å². The summed E-state index contributed by atoms with van der Waals surface area (Å²) >= 11 is 12.6. The molecule has 0 aliphatic carbocycles. The van der Waals surface area contributed by atoms with Crippen LogP contribution in [0, 0.1) is 11.7 Å². The first-order valence-electron chi connectivity index (χ1n) is 10.00. The van der Waals surface area contributed by atoms with Gasteiger partial charge in [0.2, 0.25) is 0 Å². The van der Waals surface area contributed by atoms with Crippen LogP contribution in [0.25, 0.3) is 0 Å². The number of rotatable bonds is 9. The van der Waals surface area contributed by atoms with Crippen molar-refractivity contribution in [2.24, 2.45) is 5.92 Å². The molecule has 0 unspecified atom stereocenters. The summed E-state index contributed by atoms with van der Waals surface area (Å²) in [4.78, 5) is 0. The van der Waals surface area contributed by atoms with Gasteiger partial charge in [-0.2, -0.15) is 0 Å². The number of benzene rings is 2. The average molecular weight is 441 g/mol. The normalized spacial score (nSPS) is 14.8. The van der Waals surface area contributed by atoms with Gasteiger partial charge in [-0.1, -0.05) is 29.3 Å². The summed E-state index contributed by atoms with van der Waals surface area (Å²) < 4.78 is 24.9. The molecule has 0 amide bonds. The Morgan fingerprint density at radius 1 is 1.10 bits per heavy atom. The molecule has 0 bridgehead atoms. The molecule has 0 saturated carbocycles. The lowest BCUT2D eigenvalue weighted by atomic mass is 9.98. The maximum absolute atomic E-state index is 13.2. The molecule has 2 N–H and O–H groups in total. The van der Waals surface area contributed by atoms with Gasteiger partial charge in [0.1, 0.15) is 12.4 Å². The van der Waals surface area contributed by atoms with Crippen LogP contribution in [0.15, 0.2) is 30.3 Å². The number of halogens is 3. The van der Waals surface area contributed by atoms with Gasteiger partial charge >= 0.3 is 0 Å². The fourth-order valence-electron chi connectivity index (χ4n) is 3.42. The van der Waals surface area contributed by atoms with Gasteiger partial charge in [0.15, 0.2) is 11.5 Å². The topological polar surface area (TPSA) is 42.5 Å². The van der Waals surface area contributed by atoms with Crippen molar-refractivity contribution in [1.82, 2.24) is 10.6 Å². The Bertz CT molecular complexity index is 814. The smallest absolute Gasteiger partial charge is 0.180 e. The van der Waals surface area contributed by atoms with E-state index in [1.807, 2.05) is 19.1 Å². The molecule has 158 valence electrons. The zero-order valence-electron chi connectivity index (χ0n) is 16.6. The molecule has 0 atom stereocenters. The quantitative estimate of drug-likeness (QED) is 0.562. The lowest BCUT2D eigenvalue weighted by Gasteiger charge is -2.23. The molecular weight excluding hydrogens is 414 g/mol. The number of nitrogens with one attached hydrogen (secondary N) is 2. The predicted molar refractivity (Wildman–Crippen MR) is 116 cm³/mol. The predicted octanol–water partition coefficient (Wildman–Crippen LogP) is 5.20. The van der Waals surface area contributed by atoms with E-state index in [1.165, 1.54) is 25.0 Å². The Kier molecular flexibility index (Phi) is 8.42. The molecule has 1 fully saturated rings. The van der Waals surface area contributed by atoms with Crippen LogP contribution in [0.4, 0.5) is 4.39 Å². The Hall–Kier alpha value is -1.53. The first kappa shape index (κ1) is 22.2. The van der Waals surface area contributed by atoms with Gasteiger partial charge in [-0.15, -0.1) is 0 Å². The van der Waals surface area contributed by atoms with E-state index in [0.29, 0.717) is 46.2 Å². The molecule has 7 heteroatoms. The van der Waals surface area contributed by atoms with Crippen LogP contribution < -0.4 is 20.1 Å². The van der Waals surface area contributed by atoms with Crippen molar-refractivity contribution in [3.8, 4) is 11.5 Å². The minimum atomic E-state index is -0.381. The Balaban J connectivity index is 1.65. The average Bonchev–Trinajstić information content (AvgIpc) is 2.70. The van der Waals surface area contributed by atoms with Crippen molar-refractivity contribution in [1.29, 1.82) is 0 Å². The molecule has 2 aromatic carbocycles. The molecule has 0 spiro atoms. The fraction of sp³-hybridized carbons (Fsp3) is 0.455. The van der Waals surface area contributed by atoms with Crippen LogP contribution in [-0.4, -0.2) is 26.2 Å². The number of hydrogen-bond acceptors (Lipinski definition) is 4. The van der Waals surface area contributed by atoms with Crippen molar-refractivity contribution in [3.63, 3.8) is 0 Å². The zero-order valence-corrected chi connectivity index (χ0v) is 18.1. The molecule has 1 saturated heterocycles. The monoisotopic (exact) mass is 440 g/mol. The molecule has 4 nitrogen and oxygen atoms in total. The third-order valence-electron chi connectivity index (χ3n) is 4.98. The van der Waals surface area contributed by atoms with E-state index in [1.54, 1.807) is 6.07 Å². The van der Waals surface area contributed by atoms with Crippen LogP contribution in [0.5, 0.6) is 11.5 Å². The molecule has 1 aliphatic rings. The van der Waals surface area contributed by atoms with Gasteiger partial charge in [-0.3, -0.25) is 0 Å². The summed E-state index contributed by atoms with van der Waals surface area (Å²) in [5.41, 5.74) is 1.72. The molecule has 2 aromatic rings. The first-order chi connectivity index (χ1) is 14.1. The van der Waals surface area contributed by atoms with E-state index >= 15 is 0 Å². The van der Waals surface area contributed by atoms with Gasteiger partial charge in [0, 0.05) is 12.1 Å². The Morgan fingerprint density at radius 3 is 2.62 bits per heavy atom. The van der Waals surface area contributed by atoms with Crippen LogP contribution >= 0.6 is 23.2 Å². The van der Waals surface area contributed by atoms with Crippen molar-refractivity contribution < 1.29 is 13.9 Å². The van der Waals surface area contributed by atoms with E-state index in [0.717, 1.165) is 25.2 Å². The van der Waals surface area contributed by atoms with Crippen LogP contribution in [0.1, 0.15) is 30.9 Å². The van der Waals surface area contributed by atoms with E-state index in [-0.39, 0.29) is 12.4 Å². The first-order valence-corrected chi connectivity index (χ1v) is 10.8. The summed E-state index contributed by atoms with van der Waals surface area (Å²) in [5.74, 6) is 1.39. The summed E-state index contributed by atoms with van der Waals surface area (Å²) in [6, 6.07) is 8.06. The highest BCUT2D eigenvalue weighted by atomic mass is 35.5. The van der Waals surface area contributed by atoms with Crippen LogP contribution in [0.3, 0.4) is 0 Å². The molecule has 1 heterocycles. The minimum Gasteiger partial charge on any atom is -0.490 e. The molecule has 29 heavy (non-hydrogen) atoms. The SMILES string of the molecule is CCOc1cc(CNCC2CCNCC2)cc(Cl)c1OCc1ccc(F)cc1Cl. The third-order valence-corrected chi connectivity index (χ3v) is 5.61. The van der Waals surface area contributed by atoms with E-state index in [9.17, 15) is 4.39 Å². The van der Waals surface area contributed by atoms with Crippen molar-refractivity contribution in [2.75, 3.05) is 26.2 Å². The van der Waals surface area contributed by atoms with Gasteiger partial charge in [-0.05, 0) is 75.1 Å². The van der Waals surface area contributed by atoms with Gasteiger partial charge < -0.3 is 20.1 Å². The van der Waals surface area contributed by atoms with Crippen molar-refractivity contribution >= 4 is 23.2 Å². The third kappa shape index (κ3) is 6.48. The fourth-order valence-corrected chi connectivity index (χ4v) is 3.93. The van der Waals surface area contributed by atoms with Gasteiger partial charge in [0.25, 0.3) is 0 Å². The van der Waals surface area contributed by atoms with Crippen LogP contribution in [0.2, 0.25) is 10.0 Å². The summed E-state index contributed by atoms with van der Waals surface area (Å²) in [6.07, 6.45) is 2.41. The van der Waals surface area contributed by atoms with Crippen molar-refractivity contribution in [3.05, 3.63) is 57.3 Å². The van der Waals surface area contributed by atoms with Gasteiger partial charge in [-0.25, -0.2) is 4.39 Å². The Labute approximate surface area is 181 Å². The molecule has 1 aliphatic heterocycles. The largest absolute Gasteiger partial charge is 0.490 e. The lowest BCUT2D eigenvalue weighted by molar-refractivity contribution is 0.269. The summed E-state index contributed by atoms with van der Waals surface area (Å²) in [5, 5.41) is 7.70. The second-order valence-corrected chi connectivity index (χ2v) is 8.00. The number of piperidine rings is 1. The molecule has 0 aromatic heterocycles. The van der Waals surface area contributed by atoms with E-state index in [4.69, 9.17) is 32.7 Å². The van der Waals surface area contributed by atoms with Crippen LogP contribution in [-0.2, 0) is 13.2 Å². The highest BCUT2D eigenvalue weighted by molar-refractivity contribution is 6.32. The maximum atomic E-state index is 13.2. The minimum absolute atomic E-state index is 0.173. The highest BCUT2D eigenvalue weighted by Crippen LogP contribution is 2.37. The molecule has 3 rings (SSSR count). The maximum Gasteiger partial charge on any atom is 0.180 e. The summed E-state index contributed by atoms with van der Waals surface area (Å²) in [7, 11) is 0. The van der Waals surface area contributed by atoms with Gasteiger partial charge in [0.05, 0.1) is 16.7 Å². The molecule has 0 radical (unpaired) electrons. The second kappa shape index (κ2) is 11.0. The zero-order chi connectivity index (χ0) is 20.6. The Morgan fingerprint density at radius 2 is 1.90 bits per heavy atom. The molecular formula is C22H27Cl2FN2O2. The number of ether oxygens (including phenoxy) is 2. The van der Waals surface area contributed by atoms with E-state index < -0.39 is 0 Å². The van der Waals surface area contributed by atoms with E-state index in [2.05, 4.69) is 10.6 Å². The lowest BCUT2D eigenvalue weighted by Crippen LogP contribution is -2.33. The second-order valence-electron chi connectivity index (χ2n) is 7.19. The highest BCUT2D eigenvalue weighted by Gasteiger charge is 2.15.